The second kappa shape index (κ2) is 10.7. The number of hydrogen-bond acceptors (Lipinski definition) is 4. The fourth-order valence-electron chi connectivity index (χ4n) is 3.49. The lowest BCUT2D eigenvalue weighted by molar-refractivity contribution is -0.137. The standard InChI is InChI=1S/C20H29F4N3O3S/c1-14(2)13-31(29,30)26-5-8-27-6-3-15(4-7-27)12-25-19(28)16-9-17(20(22,23)24)11-18(21)10-16/h9-11,14-15,26H,3-8,12-13H2,1-2H3,(H,25,28). The molecule has 0 saturated carbocycles. The van der Waals surface area contributed by atoms with Gasteiger partial charge in [-0.1, -0.05) is 13.8 Å². The molecule has 11 heteroatoms. The SMILES string of the molecule is CC(C)CS(=O)(=O)NCCN1CCC(CNC(=O)c2cc(F)cc(C(F)(F)F)c2)CC1. The Bertz CT molecular complexity index is 852. The number of sulfonamides is 1. The Hall–Kier alpha value is -1.72. The molecule has 1 aliphatic rings. The van der Waals surface area contributed by atoms with Crippen LogP contribution in [0.25, 0.3) is 0 Å². The number of nitrogens with zero attached hydrogens (tertiary/aromatic N) is 1. The van der Waals surface area contributed by atoms with Crippen LogP contribution in [0.15, 0.2) is 18.2 Å². The van der Waals surface area contributed by atoms with Crippen molar-refractivity contribution in [1.82, 2.24) is 14.9 Å². The maximum absolute atomic E-state index is 13.5. The van der Waals surface area contributed by atoms with Crippen LogP contribution >= 0.6 is 0 Å². The zero-order chi connectivity index (χ0) is 23.2. The Labute approximate surface area is 180 Å². The van der Waals surface area contributed by atoms with Crippen molar-refractivity contribution >= 4 is 15.9 Å². The number of carbonyl (C=O) groups excluding carboxylic acids is 1. The monoisotopic (exact) mass is 467 g/mol. The maximum atomic E-state index is 13.5. The summed E-state index contributed by atoms with van der Waals surface area (Å²) in [7, 11) is -3.27. The number of nitrogens with one attached hydrogen (secondary N) is 2. The third-order valence-corrected chi connectivity index (χ3v) is 6.80. The van der Waals surface area contributed by atoms with Crippen LogP contribution < -0.4 is 10.0 Å². The quantitative estimate of drug-likeness (QED) is 0.548. The number of rotatable bonds is 9. The van der Waals surface area contributed by atoms with Gasteiger partial charge in [-0.3, -0.25) is 4.79 Å². The van der Waals surface area contributed by atoms with Crippen LogP contribution in [0.5, 0.6) is 0 Å². The molecule has 0 bridgehead atoms. The highest BCUT2D eigenvalue weighted by molar-refractivity contribution is 7.89. The molecule has 6 nitrogen and oxygen atoms in total. The molecule has 176 valence electrons. The Kier molecular flexibility index (Phi) is 8.84. The van der Waals surface area contributed by atoms with Crippen LogP contribution in [-0.2, 0) is 16.2 Å². The zero-order valence-corrected chi connectivity index (χ0v) is 18.5. The molecule has 1 amide bonds. The average molecular weight is 468 g/mol. The molecule has 0 aromatic heterocycles. The summed E-state index contributed by atoms with van der Waals surface area (Å²) in [6, 6.07) is 1.78. The first-order chi connectivity index (χ1) is 14.4. The highest BCUT2D eigenvalue weighted by Crippen LogP contribution is 2.30. The number of likely N-dealkylation sites (tertiary alicyclic amines) is 1. The van der Waals surface area contributed by atoms with Gasteiger partial charge in [-0.25, -0.2) is 17.5 Å². The van der Waals surface area contributed by atoms with Crippen molar-refractivity contribution in [2.24, 2.45) is 11.8 Å². The average Bonchev–Trinajstić information content (AvgIpc) is 2.64. The van der Waals surface area contributed by atoms with E-state index in [-0.39, 0.29) is 29.7 Å². The van der Waals surface area contributed by atoms with Crippen LogP contribution in [0.4, 0.5) is 17.6 Å². The molecule has 0 spiro atoms. The highest BCUT2D eigenvalue weighted by Gasteiger charge is 2.32. The van der Waals surface area contributed by atoms with Crippen molar-refractivity contribution in [1.29, 1.82) is 0 Å². The lowest BCUT2D eigenvalue weighted by atomic mass is 9.96. The molecule has 0 aliphatic carbocycles. The van der Waals surface area contributed by atoms with Crippen molar-refractivity contribution in [3.05, 3.63) is 35.1 Å². The van der Waals surface area contributed by atoms with Gasteiger partial charge >= 0.3 is 6.18 Å². The normalized spacial score (nSPS) is 16.6. The van der Waals surface area contributed by atoms with Crippen LogP contribution in [-0.4, -0.2) is 57.7 Å². The van der Waals surface area contributed by atoms with Gasteiger partial charge < -0.3 is 10.2 Å². The van der Waals surface area contributed by atoms with E-state index in [1.165, 1.54) is 0 Å². The molecule has 2 N–H and O–H groups in total. The van der Waals surface area contributed by atoms with E-state index in [0.29, 0.717) is 25.2 Å². The Morgan fingerprint density at radius 2 is 1.84 bits per heavy atom. The predicted molar refractivity (Wildman–Crippen MR) is 110 cm³/mol. The summed E-state index contributed by atoms with van der Waals surface area (Å²) in [4.78, 5) is 14.3. The number of benzene rings is 1. The molecular formula is C20H29F4N3O3S. The van der Waals surface area contributed by atoms with Crippen molar-refractivity contribution in [3.63, 3.8) is 0 Å². The fraction of sp³-hybridized carbons (Fsp3) is 0.650. The van der Waals surface area contributed by atoms with Crippen molar-refractivity contribution in [2.45, 2.75) is 32.9 Å². The summed E-state index contributed by atoms with van der Waals surface area (Å²) in [6.07, 6.45) is -3.21. The number of amides is 1. The van der Waals surface area contributed by atoms with E-state index in [1.807, 2.05) is 13.8 Å². The van der Waals surface area contributed by atoms with Gasteiger partial charge in [-0.05, 0) is 56.0 Å². The molecule has 1 heterocycles. The Balaban J connectivity index is 1.75. The van der Waals surface area contributed by atoms with E-state index in [4.69, 9.17) is 0 Å². The summed E-state index contributed by atoms with van der Waals surface area (Å²) in [5.74, 6) is -1.57. The summed E-state index contributed by atoms with van der Waals surface area (Å²) in [5.41, 5.74) is -1.56. The second-order valence-electron chi connectivity index (χ2n) is 8.29. The molecule has 1 aromatic carbocycles. The smallest absolute Gasteiger partial charge is 0.352 e. The number of carbonyl (C=O) groups is 1. The first-order valence-electron chi connectivity index (χ1n) is 10.2. The highest BCUT2D eigenvalue weighted by atomic mass is 32.2. The van der Waals surface area contributed by atoms with Gasteiger partial charge in [0.1, 0.15) is 5.82 Å². The van der Waals surface area contributed by atoms with E-state index in [0.717, 1.165) is 32.0 Å². The minimum atomic E-state index is -4.73. The maximum Gasteiger partial charge on any atom is 0.416 e. The molecule has 0 radical (unpaired) electrons. The van der Waals surface area contributed by atoms with Gasteiger partial charge in [0.05, 0.1) is 11.3 Å². The summed E-state index contributed by atoms with van der Waals surface area (Å²) in [6.45, 7) is 6.33. The summed E-state index contributed by atoms with van der Waals surface area (Å²) in [5, 5.41) is 2.59. The van der Waals surface area contributed by atoms with Crippen molar-refractivity contribution < 1.29 is 30.8 Å². The second-order valence-corrected chi connectivity index (χ2v) is 10.1. The first-order valence-corrected chi connectivity index (χ1v) is 11.9. The van der Waals surface area contributed by atoms with E-state index >= 15 is 0 Å². The van der Waals surface area contributed by atoms with E-state index < -0.39 is 33.5 Å². The van der Waals surface area contributed by atoms with Crippen molar-refractivity contribution in [2.75, 3.05) is 38.5 Å². The topological polar surface area (TPSA) is 78.5 Å². The molecule has 1 fully saturated rings. The van der Waals surface area contributed by atoms with Crippen LogP contribution in [0.1, 0.15) is 42.6 Å². The predicted octanol–water partition coefficient (Wildman–Crippen LogP) is 2.86. The lowest BCUT2D eigenvalue weighted by Crippen LogP contribution is -2.42. The molecule has 1 aromatic rings. The van der Waals surface area contributed by atoms with Crippen molar-refractivity contribution in [3.8, 4) is 0 Å². The van der Waals surface area contributed by atoms with Gasteiger partial charge in [0, 0.05) is 25.2 Å². The molecule has 1 saturated heterocycles. The van der Waals surface area contributed by atoms with Crippen LogP contribution in [0, 0.1) is 17.7 Å². The van der Waals surface area contributed by atoms with Gasteiger partial charge in [0.25, 0.3) is 5.91 Å². The van der Waals surface area contributed by atoms with Gasteiger partial charge in [0.15, 0.2) is 0 Å². The third-order valence-electron chi connectivity index (χ3n) is 5.05. The largest absolute Gasteiger partial charge is 0.416 e. The molecule has 1 aliphatic heterocycles. The minimum absolute atomic E-state index is 0.0517. The van der Waals surface area contributed by atoms with Crippen LogP contribution in [0.2, 0.25) is 0 Å². The molecule has 0 unspecified atom stereocenters. The number of piperidine rings is 1. The van der Waals surface area contributed by atoms with Crippen LogP contribution in [0.3, 0.4) is 0 Å². The zero-order valence-electron chi connectivity index (χ0n) is 17.6. The summed E-state index contributed by atoms with van der Waals surface area (Å²) < 4.78 is 78.1. The number of halogens is 4. The van der Waals surface area contributed by atoms with Gasteiger partial charge in [-0.15, -0.1) is 0 Å². The molecule has 2 rings (SSSR count). The number of hydrogen-bond donors (Lipinski definition) is 2. The summed E-state index contributed by atoms with van der Waals surface area (Å²) >= 11 is 0. The fourth-order valence-corrected chi connectivity index (χ4v) is 4.89. The third kappa shape index (κ3) is 8.74. The molecular weight excluding hydrogens is 438 g/mol. The lowest BCUT2D eigenvalue weighted by Gasteiger charge is -2.32. The van der Waals surface area contributed by atoms with Gasteiger partial charge in [-0.2, -0.15) is 13.2 Å². The van der Waals surface area contributed by atoms with E-state index in [1.54, 1.807) is 0 Å². The Morgan fingerprint density at radius 1 is 1.19 bits per heavy atom. The number of alkyl halides is 3. The molecule has 0 atom stereocenters. The van der Waals surface area contributed by atoms with Gasteiger partial charge in [0.2, 0.25) is 10.0 Å². The van der Waals surface area contributed by atoms with E-state index in [2.05, 4.69) is 14.9 Å². The Morgan fingerprint density at radius 3 is 2.42 bits per heavy atom. The minimum Gasteiger partial charge on any atom is -0.352 e. The molecule has 31 heavy (non-hydrogen) atoms. The van der Waals surface area contributed by atoms with E-state index in [9.17, 15) is 30.8 Å². The first kappa shape index (κ1) is 25.5.